The normalized spacial score (nSPS) is 17.2. The maximum atomic E-state index is 11.3. The van der Waals surface area contributed by atoms with Gasteiger partial charge < -0.3 is 9.63 Å². The van der Waals surface area contributed by atoms with Gasteiger partial charge in [-0.3, -0.25) is 9.32 Å². The number of hydrogen-bond acceptors (Lipinski definition) is 4. The van der Waals surface area contributed by atoms with Crippen molar-refractivity contribution in [3.05, 3.63) is 0 Å². The van der Waals surface area contributed by atoms with Crippen LogP contribution in [0.15, 0.2) is 0 Å². The van der Waals surface area contributed by atoms with Gasteiger partial charge in [0.1, 0.15) is 6.04 Å². The molecule has 7 heteroatoms. The lowest BCUT2D eigenvalue weighted by atomic mass is 10.4. The van der Waals surface area contributed by atoms with Gasteiger partial charge in [-0.15, -0.1) is 0 Å². The molecule has 0 heterocycles. The van der Waals surface area contributed by atoms with E-state index in [-0.39, 0.29) is 12.7 Å². The number of carbonyl (C=O) groups is 1. The van der Waals surface area contributed by atoms with Crippen molar-refractivity contribution in [3.63, 3.8) is 0 Å². The summed E-state index contributed by atoms with van der Waals surface area (Å²) in [5.41, 5.74) is 0. The third-order valence-corrected chi connectivity index (χ3v) is 2.69. The minimum absolute atomic E-state index is 0.0900. The van der Waals surface area contributed by atoms with E-state index in [1.807, 2.05) is 0 Å². The molecule has 15 heavy (non-hydrogen) atoms. The summed E-state index contributed by atoms with van der Waals surface area (Å²) in [6, 6.07) is -0.880. The van der Waals surface area contributed by atoms with Crippen molar-refractivity contribution in [3.8, 4) is 0 Å². The lowest BCUT2D eigenvalue weighted by Gasteiger charge is -2.18. The van der Waals surface area contributed by atoms with Crippen molar-refractivity contribution in [2.45, 2.75) is 39.8 Å². The van der Waals surface area contributed by atoms with Gasteiger partial charge in [0.15, 0.2) is 0 Å². The van der Waals surface area contributed by atoms with Gasteiger partial charge >= 0.3 is 13.7 Å². The van der Waals surface area contributed by atoms with Crippen molar-refractivity contribution in [2.24, 2.45) is 0 Å². The van der Waals surface area contributed by atoms with Gasteiger partial charge in [0.05, 0.1) is 12.7 Å². The summed E-state index contributed by atoms with van der Waals surface area (Å²) in [5.74, 6) is -0.584. The zero-order valence-corrected chi connectivity index (χ0v) is 10.3. The molecule has 0 aromatic rings. The third-order valence-electron chi connectivity index (χ3n) is 1.37. The summed E-state index contributed by atoms with van der Waals surface area (Å²) in [4.78, 5) is 20.4. The third kappa shape index (κ3) is 6.62. The maximum absolute atomic E-state index is 11.3. The van der Waals surface area contributed by atoms with Gasteiger partial charge in [-0.25, -0.2) is 9.65 Å². The lowest BCUT2D eigenvalue weighted by Crippen LogP contribution is -2.35. The fraction of sp³-hybridized carbons (Fsp3) is 0.875. The summed E-state index contributed by atoms with van der Waals surface area (Å²) in [6.45, 7) is 6.51. The van der Waals surface area contributed by atoms with Gasteiger partial charge in [0, 0.05) is 0 Å². The summed E-state index contributed by atoms with van der Waals surface area (Å²) in [6.07, 6.45) is -0.257. The van der Waals surface area contributed by atoms with Crippen molar-refractivity contribution >= 4 is 13.7 Å². The molecule has 90 valence electrons. The van der Waals surface area contributed by atoms with E-state index in [1.165, 1.54) is 6.92 Å². The first kappa shape index (κ1) is 14.6. The molecule has 6 nitrogen and oxygen atoms in total. The highest BCUT2D eigenvalue weighted by molar-refractivity contribution is 7.50. The quantitative estimate of drug-likeness (QED) is 0.532. The van der Waals surface area contributed by atoms with Crippen LogP contribution in [0.25, 0.3) is 0 Å². The number of ether oxygens (including phenoxy) is 1. The first-order chi connectivity index (χ1) is 6.78. The first-order valence-corrected chi connectivity index (χ1v) is 6.32. The van der Waals surface area contributed by atoms with Crippen LogP contribution in [-0.4, -0.2) is 29.6 Å². The average Bonchev–Trinajstić information content (AvgIpc) is 2.01. The Labute approximate surface area is 89.5 Å². The van der Waals surface area contributed by atoms with Gasteiger partial charge in [-0.2, -0.15) is 0 Å². The Morgan fingerprint density at radius 3 is 2.40 bits per heavy atom. The van der Waals surface area contributed by atoms with Crippen LogP contribution in [0.2, 0.25) is 0 Å². The van der Waals surface area contributed by atoms with Gasteiger partial charge in [-0.1, -0.05) is 0 Å². The van der Waals surface area contributed by atoms with E-state index >= 15 is 0 Å². The standard InChI is InChI=1S/C8H18NO5P/c1-5-13-15(11,12)9-7(4)8(10)14-6(2)3/h6-7H,5H2,1-4H3,(H2,9,11,12)/t7-/m0/s1. The molecule has 0 saturated carbocycles. The minimum Gasteiger partial charge on any atom is -0.462 e. The fourth-order valence-corrected chi connectivity index (χ4v) is 1.86. The molecule has 0 aliphatic carbocycles. The van der Waals surface area contributed by atoms with Crippen LogP contribution in [0.4, 0.5) is 0 Å². The van der Waals surface area contributed by atoms with Crippen molar-refractivity contribution in [1.29, 1.82) is 0 Å². The first-order valence-electron chi connectivity index (χ1n) is 4.74. The van der Waals surface area contributed by atoms with Crippen molar-refractivity contribution in [1.82, 2.24) is 5.09 Å². The Balaban J connectivity index is 4.17. The number of hydrogen-bond donors (Lipinski definition) is 2. The predicted octanol–water partition coefficient (Wildman–Crippen LogP) is 1.05. The lowest BCUT2D eigenvalue weighted by molar-refractivity contribution is -0.149. The molecule has 0 aliphatic heterocycles. The molecule has 0 spiro atoms. The van der Waals surface area contributed by atoms with Crippen LogP contribution >= 0.6 is 7.75 Å². The Morgan fingerprint density at radius 2 is 2.00 bits per heavy atom. The second-order valence-electron chi connectivity index (χ2n) is 3.27. The van der Waals surface area contributed by atoms with Crippen LogP contribution in [0.5, 0.6) is 0 Å². The molecule has 0 amide bonds. The second-order valence-corrected chi connectivity index (χ2v) is 4.83. The largest absolute Gasteiger partial charge is 0.462 e. The van der Waals surface area contributed by atoms with Crippen LogP contribution in [0, 0.1) is 0 Å². The van der Waals surface area contributed by atoms with E-state index in [4.69, 9.17) is 4.74 Å². The summed E-state index contributed by atoms with van der Waals surface area (Å²) >= 11 is 0. The highest BCUT2D eigenvalue weighted by Gasteiger charge is 2.26. The maximum Gasteiger partial charge on any atom is 0.403 e. The molecule has 0 aromatic heterocycles. The van der Waals surface area contributed by atoms with E-state index in [2.05, 4.69) is 9.61 Å². The summed E-state index contributed by atoms with van der Waals surface area (Å²) in [7, 11) is -3.90. The van der Waals surface area contributed by atoms with Crippen LogP contribution < -0.4 is 5.09 Å². The minimum atomic E-state index is -3.90. The summed E-state index contributed by atoms with van der Waals surface area (Å²) in [5, 5.41) is 2.18. The topological polar surface area (TPSA) is 84.9 Å². The average molecular weight is 239 g/mol. The second kappa shape index (κ2) is 6.23. The Hall–Kier alpha value is -0.420. The summed E-state index contributed by atoms with van der Waals surface area (Å²) < 4.78 is 20.6. The van der Waals surface area contributed by atoms with E-state index in [0.717, 1.165) is 0 Å². The molecule has 0 bridgehead atoms. The molecule has 0 radical (unpaired) electrons. The molecule has 2 atom stereocenters. The predicted molar refractivity (Wildman–Crippen MR) is 55.3 cm³/mol. The van der Waals surface area contributed by atoms with Gasteiger partial charge in [0.25, 0.3) is 0 Å². The van der Waals surface area contributed by atoms with Gasteiger partial charge in [0.2, 0.25) is 0 Å². The molecule has 1 unspecified atom stereocenters. The Morgan fingerprint density at radius 1 is 1.47 bits per heavy atom. The molecule has 2 N–H and O–H groups in total. The molecule has 0 aliphatic rings. The number of carbonyl (C=O) groups excluding carboxylic acids is 1. The molecule has 0 aromatic carbocycles. The SMILES string of the molecule is CCOP(=O)(O)N[C@@H](C)C(=O)OC(C)C. The van der Waals surface area contributed by atoms with E-state index < -0.39 is 19.8 Å². The van der Waals surface area contributed by atoms with E-state index in [0.29, 0.717) is 0 Å². The number of esters is 1. The monoisotopic (exact) mass is 239 g/mol. The molecular weight excluding hydrogens is 221 g/mol. The molecule has 0 rings (SSSR count). The Bertz CT molecular complexity index is 255. The van der Waals surface area contributed by atoms with Crippen molar-refractivity contribution in [2.75, 3.05) is 6.61 Å². The zero-order valence-electron chi connectivity index (χ0n) is 9.39. The number of nitrogens with one attached hydrogen (secondary N) is 1. The van der Waals surface area contributed by atoms with Crippen molar-refractivity contribution < 1.29 is 23.5 Å². The van der Waals surface area contributed by atoms with Gasteiger partial charge in [-0.05, 0) is 27.7 Å². The molecule has 0 fully saturated rings. The van der Waals surface area contributed by atoms with E-state index in [1.54, 1.807) is 20.8 Å². The fourth-order valence-electron chi connectivity index (χ4n) is 0.844. The molecular formula is C8H18NO5P. The number of rotatable bonds is 6. The zero-order chi connectivity index (χ0) is 12.1. The van der Waals surface area contributed by atoms with E-state index in [9.17, 15) is 14.3 Å². The highest BCUT2D eigenvalue weighted by Crippen LogP contribution is 2.37. The van der Waals surface area contributed by atoms with Crippen LogP contribution in [0.1, 0.15) is 27.7 Å². The molecule has 0 saturated heterocycles. The van der Waals surface area contributed by atoms with Crippen LogP contribution in [-0.2, 0) is 18.6 Å². The smallest absolute Gasteiger partial charge is 0.403 e. The Kier molecular flexibility index (Phi) is 6.05. The highest BCUT2D eigenvalue weighted by atomic mass is 31.2. The van der Waals surface area contributed by atoms with Crippen LogP contribution in [0.3, 0.4) is 0 Å².